The van der Waals surface area contributed by atoms with E-state index in [4.69, 9.17) is 6.42 Å². The summed E-state index contributed by atoms with van der Waals surface area (Å²) in [5.74, 6) is 1.69. The molecule has 2 aromatic carbocycles. The average Bonchev–Trinajstić information content (AvgIpc) is 2.70. The Morgan fingerprint density at radius 1 is 1.07 bits per heavy atom. The fourth-order valence-electron chi connectivity index (χ4n) is 2.63. The smallest absolute Gasteiger partial charge is 0.351 e. The number of hydrogen-bond acceptors (Lipinski definition) is 3. The van der Waals surface area contributed by atoms with Crippen LogP contribution in [0, 0.1) is 12.3 Å². The van der Waals surface area contributed by atoms with Crippen LogP contribution in [0.3, 0.4) is 0 Å². The Bertz CT molecular complexity index is 1050. The molecule has 0 bridgehead atoms. The molecule has 0 saturated carbocycles. The van der Waals surface area contributed by atoms with Gasteiger partial charge >= 0.3 is 6.18 Å². The van der Waals surface area contributed by atoms with Gasteiger partial charge in [0.15, 0.2) is 0 Å². The largest absolute Gasteiger partial charge is 0.416 e. The molecule has 1 amide bonds. The molecule has 30 heavy (non-hydrogen) atoms. The van der Waals surface area contributed by atoms with Crippen molar-refractivity contribution in [1.82, 2.24) is 10.0 Å². The summed E-state index contributed by atoms with van der Waals surface area (Å²) >= 11 is 0. The topological polar surface area (TPSA) is 75.3 Å². The van der Waals surface area contributed by atoms with Gasteiger partial charge in [-0.05, 0) is 35.9 Å². The Balaban J connectivity index is 2.09. The van der Waals surface area contributed by atoms with E-state index >= 15 is 0 Å². The number of terminal acetylenes is 1. The number of benzene rings is 2. The van der Waals surface area contributed by atoms with E-state index in [1.54, 1.807) is 19.9 Å². The van der Waals surface area contributed by atoms with Crippen molar-refractivity contribution >= 4 is 15.9 Å². The van der Waals surface area contributed by atoms with Crippen LogP contribution in [0.4, 0.5) is 13.2 Å². The first-order chi connectivity index (χ1) is 13.9. The van der Waals surface area contributed by atoms with Gasteiger partial charge in [0.2, 0.25) is 10.0 Å². The molecule has 0 aliphatic rings. The van der Waals surface area contributed by atoms with Crippen molar-refractivity contribution in [3.8, 4) is 12.3 Å². The van der Waals surface area contributed by atoms with Crippen molar-refractivity contribution in [2.24, 2.45) is 0 Å². The molecule has 0 atom stereocenters. The normalized spacial score (nSPS) is 12.3. The highest BCUT2D eigenvalue weighted by molar-refractivity contribution is 7.89. The van der Waals surface area contributed by atoms with Crippen LogP contribution < -0.4 is 10.0 Å². The van der Waals surface area contributed by atoms with Gasteiger partial charge in [-0.3, -0.25) is 4.79 Å². The number of alkyl halides is 3. The summed E-state index contributed by atoms with van der Waals surface area (Å²) in [6.45, 7) is 3.36. The molecular weight excluding hydrogens is 417 g/mol. The Hall–Kier alpha value is -2.83. The molecule has 5 nitrogen and oxygen atoms in total. The van der Waals surface area contributed by atoms with Gasteiger partial charge in [0, 0.05) is 17.5 Å². The third kappa shape index (κ3) is 5.84. The molecule has 0 saturated heterocycles. The van der Waals surface area contributed by atoms with Crippen LogP contribution in [0.2, 0.25) is 0 Å². The predicted molar refractivity (Wildman–Crippen MR) is 107 cm³/mol. The first-order valence-corrected chi connectivity index (χ1v) is 10.3. The van der Waals surface area contributed by atoms with Gasteiger partial charge in [-0.15, -0.1) is 6.42 Å². The Kier molecular flexibility index (Phi) is 6.95. The number of nitrogens with one attached hydrogen (secondary N) is 2. The van der Waals surface area contributed by atoms with Gasteiger partial charge in [0.1, 0.15) is 0 Å². The SMILES string of the molecule is C#CCNS(=O)(=O)c1ccc(C(=O)NCC(C)(C)c2cccc(C(F)(F)F)c2)cc1. The van der Waals surface area contributed by atoms with Crippen molar-refractivity contribution in [1.29, 1.82) is 0 Å². The van der Waals surface area contributed by atoms with Gasteiger partial charge < -0.3 is 5.32 Å². The zero-order chi connectivity index (χ0) is 22.6. The van der Waals surface area contributed by atoms with E-state index in [0.29, 0.717) is 5.56 Å². The van der Waals surface area contributed by atoms with E-state index in [1.165, 1.54) is 30.3 Å². The maximum Gasteiger partial charge on any atom is 0.416 e. The quantitative estimate of drug-likeness (QED) is 0.652. The molecule has 0 spiro atoms. The van der Waals surface area contributed by atoms with Crippen LogP contribution in [-0.4, -0.2) is 27.4 Å². The summed E-state index contributed by atoms with van der Waals surface area (Å²) in [7, 11) is -3.77. The summed E-state index contributed by atoms with van der Waals surface area (Å²) in [5, 5.41) is 2.68. The highest BCUT2D eigenvalue weighted by Gasteiger charge is 2.32. The molecule has 0 heterocycles. The van der Waals surface area contributed by atoms with E-state index in [2.05, 4.69) is 16.0 Å². The molecule has 0 fully saturated rings. The van der Waals surface area contributed by atoms with Crippen LogP contribution in [-0.2, 0) is 21.6 Å². The lowest BCUT2D eigenvalue weighted by Crippen LogP contribution is -2.36. The molecule has 0 aliphatic carbocycles. The second kappa shape index (κ2) is 8.90. The third-order valence-electron chi connectivity index (χ3n) is 4.45. The van der Waals surface area contributed by atoms with E-state index < -0.39 is 33.1 Å². The van der Waals surface area contributed by atoms with Gasteiger partial charge in [-0.2, -0.15) is 17.9 Å². The minimum atomic E-state index is -4.45. The van der Waals surface area contributed by atoms with Crippen molar-refractivity contribution in [3.05, 3.63) is 65.2 Å². The lowest BCUT2D eigenvalue weighted by Gasteiger charge is -2.26. The highest BCUT2D eigenvalue weighted by atomic mass is 32.2. The molecular formula is C21H21F3N2O3S. The Morgan fingerprint density at radius 3 is 2.23 bits per heavy atom. The van der Waals surface area contributed by atoms with E-state index in [-0.39, 0.29) is 23.5 Å². The minimum absolute atomic E-state index is 0.0430. The molecule has 160 valence electrons. The fraction of sp³-hybridized carbons (Fsp3) is 0.286. The summed E-state index contributed by atoms with van der Waals surface area (Å²) in [5.41, 5.74) is -0.877. The van der Waals surface area contributed by atoms with E-state index in [1.807, 2.05) is 0 Å². The number of rotatable bonds is 7. The van der Waals surface area contributed by atoms with Crippen molar-refractivity contribution in [2.45, 2.75) is 30.3 Å². The number of sulfonamides is 1. The predicted octanol–water partition coefficient (Wildman–Crippen LogP) is 3.32. The third-order valence-corrected chi connectivity index (χ3v) is 5.87. The zero-order valence-electron chi connectivity index (χ0n) is 16.4. The second-order valence-corrected chi connectivity index (χ2v) is 8.97. The second-order valence-electron chi connectivity index (χ2n) is 7.20. The molecule has 2 N–H and O–H groups in total. The van der Waals surface area contributed by atoms with Crippen molar-refractivity contribution in [2.75, 3.05) is 13.1 Å². The Labute approximate surface area is 173 Å². The first kappa shape index (κ1) is 23.4. The summed E-state index contributed by atoms with van der Waals surface area (Å²) < 4.78 is 65.1. The molecule has 0 aliphatic heterocycles. The zero-order valence-corrected chi connectivity index (χ0v) is 17.2. The summed E-state index contributed by atoms with van der Waals surface area (Å²) in [6.07, 6.45) is 0.580. The van der Waals surface area contributed by atoms with Gasteiger partial charge in [-0.1, -0.05) is 38.0 Å². The number of halogens is 3. The molecule has 0 radical (unpaired) electrons. The maximum absolute atomic E-state index is 12.9. The molecule has 0 unspecified atom stereocenters. The molecule has 9 heteroatoms. The fourth-order valence-corrected chi connectivity index (χ4v) is 3.56. The minimum Gasteiger partial charge on any atom is -0.351 e. The van der Waals surface area contributed by atoms with Crippen LogP contribution in [0.5, 0.6) is 0 Å². The van der Waals surface area contributed by atoms with Crippen molar-refractivity contribution in [3.63, 3.8) is 0 Å². The van der Waals surface area contributed by atoms with Gasteiger partial charge in [0.25, 0.3) is 5.91 Å². The van der Waals surface area contributed by atoms with Crippen LogP contribution in [0.1, 0.15) is 35.3 Å². The van der Waals surface area contributed by atoms with Crippen LogP contribution >= 0.6 is 0 Å². The van der Waals surface area contributed by atoms with E-state index in [0.717, 1.165) is 12.1 Å². The van der Waals surface area contributed by atoms with Gasteiger partial charge in [-0.25, -0.2) is 8.42 Å². The summed E-state index contributed by atoms with van der Waals surface area (Å²) in [4.78, 5) is 12.4. The molecule has 0 aromatic heterocycles. The van der Waals surface area contributed by atoms with Crippen LogP contribution in [0.15, 0.2) is 53.4 Å². The lowest BCUT2D eigenvalue weighted by atomic mass is 9.83. The average molecular weight is 438 g/mol. The maximum atomic E-state index is 12.9. The van der Waals surface area contributed by atoms with Crippen LogP contribution in [0.25, 0.3) is 0 Å². The van der Waals surface area contributed by atoms with E-state index in [9.17, 15) is 26.4 Å². The van der Waals surface area contributed by atoms with Gasteiger partial charge in [0.05, 0.1) is 17.0 Å². The first-order valence-electron chi connectivity index (χ1n) is 8.86. The highest BCUT2D eigenvalue weighted by Crippen LogP contribution is 2.32. The molecule has 2 rings (SSSR count). The number of carbonyl (C=O) groups is 1. The lowest BCUT2D eigenvalue weighted by molar-refractivity contribution is -0.137. The standard InChI is InChI=1S/C21H21F3N2O3S/c1-4-12-26-30(28,29)18-10-8-15(9-11-18)19(27)25-14-20(2,3)16-6-5-7-17(13-16)21(22,23)24/h1,5-11,13,26H,12,14H2,2-3H3,(H,25,27). The summed E-state index contributed by atoms with van der Waals surface area (Å²) in [6, 6.07) is 10.2. The Morgan fingerprint density at radius 2 is 1.67 bits per heavy atom. The number of hydrogen-bond donors (Lipinski definition) is 2. The monoisotopic (exact) mass is 438 g/mol. The number of carbonyl (C=O) groups excluding carboxylic acids is 1. The molecule has 2 aromatic rings. The number of amides is 1. The van der Waals surface area contributed by atoms with Crippen molar-refractivity contribution < 1.29 is 26.4 Å².